The molecule has 0 spiro atoms. The van der Waals surface area contributed by atoms with Gasteiger partial charge < -0.3 is 35.0 Å². The van der Waals surface area contributed by atoms with E-state index in [1.54, 1.807) is 29.2 Å². The van der Waals surface area contributed by atoms with E-state index in [9.17, 15) is 34.2 Å². The van der Waals surface area contributed by atoms with Crippen molar-refractivity contribution in [1.82, 2.24) is 29.8 Å². The Morgan fingerprint density at radius 3 is 2.16 bits per heavy atom. The van der Waals surface area contributed by atoms with Gasteiger partial charge in [0, 0.05) is 51.8 Å². The molecule has 3 N–H and O–H groups in total. The molecule has 1 atom stereocenters. The molecule has 1 aromatic heterocycles. The zero-order valence-electron chi connectivity index (χ0n) is 24.4. The highest BCUT2D eigenvalue weighted by atomic mass is 16.5. The molecule has 1 aliphatic carbocycles. The number of hydrogen-bond donors (Lipinski definition) is 3. The van der Waals surface area contributed by atoms with Crippen LogP contribution in [0, 0.1) is 0 Å². The van der Waals surface area contributed by atoms with Crippen molar-refractivity contribution in [2.45, 2.75) is 57.6 Å². The van der Waals surface area contributed by atoms with Crippen molar-refractivity contribution >= 4 is 29.8 Å². The zero-order chi connectivity index (χ0) is 31.1. The minimum Gasteiger partial charge on any atom is -0.481 e. The Labute approximate surface area is 249 Å². The minimum absolute atomic E-state index is 0.0764. The Morgan fingerprint density at radius 1 is 1.00 bits per heavy atom. The summed E-state index contributed by atoms with van der Waals surface area (Å²) in [5, 5.41) is 25.5. The lowest BCUT2D eigenvalue weighted by Gasteiger charge is -2.42. The molecule has 1 saturated heterocycles. The number of carboxylic acid groups (broad SMARTS) is 2. The highest BCUT2D eigenvalue weighted by molar-refractivity contribution is 5.96. The molecular weight excluding hydrogens is 560 g/mol. The third-order valence-corrected chi connectivity index (χ3v) is 7.92. The Kier molecular flexibility index (Phi) is 9.88. The van der Waals surface area contributed by atoms with E-state index in [0.29, 0.717) is 31.6 Å². The van der Waals surface area contributed by atoms with Crippen LogP contribution < -0.4 is 10.1 Å². The van der Waals surface area contributed by atoms with E-state index < -0.39 is 35.5 Å². The second-order valence-electron chi connectivity index (χ2n) is 10.6. The van der Waals surface area contributed by atoms with E-state index in [1.165, 1.54) is 20.5 Å². The molecule has 2 aliphatic rings. The number of para-hydroxylation sites is 1. The van der Waals surface area contributed by atoms with E-state index in [4.69, 9.17) is 4.74 Å². The second kappa shape index (κ2) is 13.6. The van der Waals surface area contributed by atoms with Crippen LogP contribution in [0.25, 0.3) is 5.69 Å². The van der Waals surface area contributed by atoms with E-state index in [-0.39, 0.29) is 56.5 Å². The molecule has 4 rings (SSSR count). The number of hydrogen-bond acceptors (Lipinski definition) is 7. The largest absolute Gasteiger partial charge is 0.481 e. The van der Waals surface area contributed by atoms with Gasteiger partial charge in [0.25, 0.3) is 11.8 Å². The monoisotopic (exact) mass is 598 g/mol. The number of benzene rings is 1. The molecular formula is C29H38N6O8. The number of nitrogens with one attached hydrogen (secondary N) is 1. The van der Waals surface area contributed by atoms with E-state index in [0.717, 1.165) is 6.42 Å². The molecule has 1 aromatic carbocycles. The summed E-state index contributed by atoms with van der Waals surface area (Å²) in [5.74, 6) is -2.29. The maximum absolute atomic E-state index is 13.5. The molecule has 2 fully saturated rings. The molecule has 232 valence electrons. The summed E-state index contributed by atoms with van der Waals surface area (Å²) in [6.45, 7) is 5.32. The first-order valence-electron chi connectivity index (χ1n) is 14.5. The van der Waals surface area contributed by atoms with Crippen molar-refractivity contribution in [3.63, 3.8) is 0 Å². The summed E-state index contributed by atoms with van der Waals surface area (Å²) in [7, 11) is 0. The van der Waals surface area contributed by atoms with E-state index in [2.05, 4.69) is 10.4 Å². The maximum Gasteiger partial charge on any atom is 0.407 e. The number of carbonyl (C=O) groups excluding carboxylic acids is 3. The van der Waals surface area contributed by atoms with Crippen LogP contribution in [0.1, 0.15) is 56.4 Å². The Balaban J connectivity index is 1.59. The molecule has 14 heteroatoms. The summed E-state index contributed by atoms with van der Waals surface area (Å²) >= 11 is 0. The summed E-state index contributed by atoms with van der Waals surface area (Å²) in [4.78, 5) is 67.1. The normalized spacial score (nSPS) is 16.5. The van der Waals surface area contributed by atoms with Crippen molar-refractivity contribution in [2.24, 2.45) is 0 Å². The highest BCUT2D eigenvalue weighted by Crippen LogP contribution is 2.39. The number of rotatable bonds is 12. The van der Waals surface area contributed by atoms with Gasteiger partial charge in [0.2, 0.25) is 11.8 Å². The van der Waals surface area contributed by atoms with Crippen LogP contribution >= 0.6 is 0 Å². The number of aromatic nitrogens is 2. The molecule has 14 nitrogen and oxygen atoms in total. The van der Waals surface area contributed by atoms with Gasteiger partial charge in [-0.05, 0) is 51.7 Å². The van der Waals surface area contributed by atoms with Crippen LogP contribution in [0.5, 0.6) is 5.88 Å². The van der Waals surface area contributed by atoms with Crippen LogP contribution in [0.15, 0.2) is 36.4 Å². The lowest BCUT2D eigenvalue weighted by atomic mass is 9.78. The average Bonchev–Trinajstić information content (AvgIpc) is 3.41. The molecule has 43 heavy (non-hydrogen) atoms. The lowest BCUT2D eigenvalue weighted by molar-refractivity contribution is -0.156. The van der Waals surface area contributed by atoms with Gasteiger partial charge in [0.1, 0.15) is 6.04 Å². The van der Waals surface area contributed by atoms with Gasteiger partial charge in [0.05, 0.1) is 5.69 Å². The van der Waals surface area contributed by atoms with E-state index >= 15 is 0 Å². The summed E-state index contributed by atoms with van der Waals surface area (Å²) in [5.41, 5.74) is -0.562. The van der Waals surface area contributed by atoms with Gasteiger partial charge in [-0.15, -0.1) is 0 Å². The molecule has 1 aliphatic heterocycles. The van der Waals surface area contributed by atoms with Gasteiger partial charge in [-0.1, -0.05) is 18.2 Å². The fourth-order valence-electron chi connectivity index (χ4n) is 5.25. The van der Waals surface area contributed by atoms with Crippen molar-refractivity contribution in [3.8, 4) is 11.6 Å². The first kappa shape index (κ1) is 31.3. The first-order chi connectivity index (χ1) is 20.6. The smallest absolute Gasteiger partial charge is 0.407 e. The van der Waals surface area contributed by atoms with Crippen LogP contribution in [-0.2, 0) is 14.4 Å². The molecule has 0 unspecified atom stereocenters. The van der Waals surface area contributed by atoms with Gasteiger partial charge in [-0.3, -0.25) is 19.2 Å². The van der Waals surface area contributed by atoms with Gasteiger partial charge >= 0.3 is 12.1 Å². The van der Waals surface area contributed by atoms with Gasteiger partial charge in [-0.25, -0.2) is 9.48 Å². The SMILES string of the molecule is CCN(CC)C(=O)C1(Oc2cc(C(=O)N[C@@H](CCC(=O)O)C(=O)N3CCN(C(=O)O)CC3)nn2-c2ccccc2)CCC1. The van der Waals surface area contributed by atoms with Gasteiger partial charge in [-0.2, -0.15) is 5.10 Å². The quantitative estimate of drug-likeness (QED) is 0.329. The van der Waals surface area contributed by atoms with Crippen LogP contribution in [0.4, 0.5) is 4.79 Å². The minimum atomic E-state index is -1.17. The van der Waals surface area contributed by atoms with Crippen molar-refractivity contribution < 1.29 is 38.9 Å². The van der Waals surface area contributed by atoms with Crippen LogP contribution in [0.3, 0.4) is 0 Å². The number of carbonyl (C=O) groups is 5. The molecule has 2 heterocycles. The van der Waals surface area contributed by atoms with E-state index in [1.807, 2.05) is 19.9 Å². The zero-order valence-corrected chi connectivity index (χ0v) is 24.4. The molecule has 4 amide bonds. The van der Waals surface area contributed by atoms with Crippen LogP contribution in [0.2, 0.25) is 0 Å². The summed E-state index contributed by atoms with van der Waals surface area (Å²) in [6.07, 6.45) is 0.235. The fourth-order valence-corrected chi connectivity index (χ4v) is 5.25. The first-order valence-corrected chi connectivity index (χ1v) is 14.5. The number of likely N-dealkylation sites (N-methyl/N-ethyl adjacent to an activating group) is 1. The number of amides is 4. The van der Waals surface area contributed by atoms with Crippen molar-refractivity contribution in [2.75, 3.05) is 39.3 Å². The standard InChI is InChI=1S/C29H38N6O8/c1-3-32(4-2)27(40)29(13-8-14-29)43-23-19-22(31-35(23)20-9-6-5-7-10-20)25(38)30-21(11-12-24(36)37)26(39)33-15-17-34(18-16-33)28(41)42/h5-7,9-10,19,21H,3-4,8,11-18H2,1-2H3,(H,30,38)(H,36,37)(H,41,42)/t21-/m0/s1. The number of carboxylic acids is 1. The Bertz CT molecular complexity index is 1330. The molecule has 0 radical (unpaired) electrons. The van der Waals surface area contributed by atoms with Crippen molar-refractivity contribution in [1.29, 1.82) is 0 Å². The number of ether oxygens (including phenoxy) is 1. The molecule has 0 bridgehead atoms. The summed E-state index contributed by atoms with van der Waals surface area (Å²) in [6, 6.07) is 9.22. The molecule has 2 aromatic rings. The average molecular weight is 599 g/mol. The van der Waals surface area contributed by atoms with Crippen molar-refractivity contribution in [3.05, 3.63) is 42.1 Å². The fraction of sp³-hybridized carbons (Fsp3) is 0.517. The number of nitrogens with zero attached hydrogens (tertiary/aromatic N) is 5. The topological polar surface area (TPSA) is 175 Å². The molecule has 1 saturated carbocycles. The Morgan fingerprint density at radius 2 is 1.63 bits per heavy atom. The van der Waals surface area contributed by atoms with Gasteiger partial charge in [0.15, 0.2) is 11.3 Å². The third-order valence-electron chi connectivity index (χ3n) is 7.92. The lowest BCUT2D eigenvalue weighted by Crippen LogP contribution is -2.57. The third kappa shape index (κ3) is 7.07. The second-order valence-corrected chi connectivity index (χ2v) is 10.6. The Hall–Kier alpha value is -4.62. The van der Waals surface area contributed by atoms with Crippen LogP contribution in [-0.4, -0.2) is 115 Å². The predicted octanol–water partition coefficient (Wildman–Crippen LogP) is 1.83. The number of aliphatic carboxylic acids is 1. The highest BCUT2D eigenvalue weighted by Gasteiger charge is 2.49. The number of piperazine rings is 1. The summed E-state index contributed by atoms with van der Waals surface area (Å²) < 4.78 is 7.81. The predicted molar refractivity (Wildman–Crippen MR) is 153 cm³/mol. The maximum atomic E-state index is 13.5.